The Kier molecular flexibility index (Phi) is 3.93. The highest BCUT2D eigenvalue weighted by molar-refractivity contribution is 5.25. The van der Waals surface area contributed by atoms with Crippen molar-refractivity contribution >= 4 is 0 Å². The lowest BCUT2D eigenvalue weighted by Crippen LogP contribution is -2.54. The van der Waals surface area contributed by atoms with Crippen LogP contribution < -0.4 is 5.32 Å². The molecule has 0 radical (unpaired) electrons. The van der Waals surface area contributed by atoms with Gasteiger partial charge in [0.25, 0.3) is 0 Å². The van der Waals surface area contributed by atoms with Gasteiger partial charge in [0.2, 0.25) is 0 Å². The minimum absolute atomic E-state index is 0.698. The standard InChI is InChI=1S/C18H27N/c1-15-7-3-4-8-16(15)10-14-19-17-9-13-18(17)11-5-2-6-12-18/h3-4,7-8,17,19H,2,5-6,9-14H2,1H3. The Labute approximate surface area is 117 Å². The second-order valence-corrected chi connectivity index (χ2v) is 6.64. The molecule has 1 heteroatoms. The van der Waals surface area contributed by atoms with Gasteiger partial charge in [0.05, 0.1) is 0 Å². The van der Waals surface area contributed by atoms with Crippen molar-refractivity contribution in [3.63, 3.8) is 0 Å². The first-order valence-electron chi connectivity index (χ1n) is 8.08. The zero-order valence-corrected chi connectivity index (χ0v) is 12.3. The van der Waals surface area contributed by atoms with Gasteiger partial charge in [0, 0.05) is 6.04 Å². The third-order valence-corrected chi connectivity index (χ3v) is 5.57. The lowest BCUT2D eigenvalue weighted by Gasteiger charge is -2.52. The highest BCUT2D eigenvalue weighted by Crippen LogP contribution is 2.51. The summed E-state index contributed by atoms with van der Waals surface area (Å²) in [5.41, 5.74) is 3.64. The molecule has 1 nitrogen and oxygen atoms in total. The summed E-state index contributed by atoms with van der Waals surface area (Å²) in [6.45, 7) is 3.37. The molecule has 2 saturated carbocycles. The highest BCUT2D eigenvalue weighted by Gasteiger charge is 2.46. The van der Waals surface area contributed by atoms with E-state index >= 15 is 0 Å². The molecule has 2 fully saturated rings. The van der Waals surface area contributed by atoms with Crippen molar-refractivity contribution in [2.24, 2.45) is 5.41 Å². The fraction of sp³-hybridized carbons (Fsp3) is 0.667. The van der Waals surface area contributed by atoms with Gasteiger partial charge in [-0.05, 0) is 62.1 Å². The smallest absolute Gasteiger partial charge is 0.0124 e. The minimum atomic E-state index is 0.698. The van der Waals surface area contributed by atoms with Crippen molar-refractivity contribution in [2.45, 2.75) is 64.3 Å². The third-order valence-electron chi connectivity index (χ3n) is 5.57. The van der Waals surface area contributed by atoms with Crippen molar-refractivity contribution in [3.8, 4) is 0 Å². The molecule has 1 atom stereocenters. The van der Waals surface area contributed by atoms with Gasteiger partial charge in [-0.15, -0.1) is 0 Å². The van der Waals surface area contributed by atoms with Gasteiger partial charge in [0.1, 0.15) is 0 Å². The molecule has 104 valence electrons. The molecular formula is C18H27N. The average Bonchev–Trinajstić information content (AvgIpc) is 2.45. The first kappa shape index (κ1) is 13.2. The van der Waals surface area contributed by atoms with Crippen molar-refractivity contribution in [1.29, 1.82) is 0 Å². The Morgan fingerprint density at radius 1 is 1.11 bits per heavy atom. The lowest BCUT2D eigenvalue weighted by atomic mass is 9.57. The van der Waals surface area contributed by atoms with E-state index in [0.717, 1.165) is 12.6 Å². The SMILES string of the molecule is Cc1ccccc1CCNC1CCC12CCCCC2. The lowest BCUT2D eigenvalue weighted by molar-refractivity contribution is 0.0236. The van der Waals surface area contributed by atoms with Gasteiger partial charge in [-0.1, -0.05) is 43.5 Å². The van der Waals surface area contributed by atoms with Crippen LogP contribution in [0.2, 0.25) is 0 Å². The Balaban J connectivity index is 1.49. The van der Waals surface area contributed by atoms with Crippen LogP contribution in [0.25, 0.3) is 0 Å². The molecule has 0 amide bonds. The van der Waals surface area contributed by atoms with Crippen LogP contribution in [0.4, 0.5) is 0 Å². The second kappa shape index (κ2) is 5.66. The maximum Gasteiger partial charge on any atom is 0.0124 e. The van der Waals surface area contributed by atoms with Crippen molar-refractivity contribution in [2.75, 3.05) is 6.54 Å². The molecule has 2 aliphatic carbocycles. The number of rotatable bonds is 4. The van der Waals surface area contributed by atoms with Crippen LogP contribution in [-0.2, 0) is 6.42 Å². The third kappa shape index (κ3) is 2.72. The summed E-state index contributed by atoms with van der Waals surface area (Å²) in [4.78, 5) is 0. The monoisotopic (exact) mass is 257 g/mol. The summed E-state index contributed by atoms with van der Waals surface area (Å²) in [5.74, 6) is 0. The van der Waals surface area contributed by atoms with Crippen LogP contribution >= 0.6 is 0 Å². The molecule has 1 spiro atoms. The summed E-state index contributed by atoms with van der Waals surface area (Å²) in [6.07, 6.45) is 11.4. The molecule has 3 rings (SSSR count). The summed E-state index contributed by atoms with van der Waals surface area (Å²) in [7, 11) is 0. The summed E-state index contributed by atoms with van der Waals surface area (Å²) < 4.78 is 0. The number of nitrogens with one attached hydrogen (secondary N) is 1. The molecule has 2 aliphatic rings. The number of benzene rings is 1. The predicted octanol–water partition coefficient (Wildman–Crippen LogP) is 4.24. The fourth-order valence-electron chi connectivity index (χ4n) is 4.14. The zero-order valence-electron chi connectivity index (χ0n) is 12.3. The minimum Gasteiger partial charge on any atom is -0.313 e. The molecule has 1 N–H and O–H groups in total. The Morgan fingerprint density at radius 3 is 2.58 bits per heavy atom. The molecule has 0 aliphatic heterocycles. The normalized spacial score (nSPS) is 25.2. The van der Waals surface area contributed by atoms with Gasteiger partial charge in [-0.2, -0.15) is 0 Å². The van der Waals surface area contributed by atoms with E-state index in [0.29, 0.717) is 5.41 Å². The molecule has 1 aromatic carbocycles. The molecule has 0 aromatic heterocycles. The van der Waals surface area contributed by atoms with Crippen molar-refractivity contribution in [3.05, 3.63) is 35.4 Å². The number of hydrogen-bond donors (Lipinski definition) is 1. The molecule has 1 unspecified atom stereocenters. The maximum atomic E-state index is 3.86. The molecule has 0 heterocycles. The first-order chi connectivity index (χ1) is 9.30. The van der Waals surface area contributed by atoms with Crippen LogP contribution in [0.1, 0.15) is 56.1 Å². The first-order valence-corrected chi connectivity index (χ1v) is 8.08. The van der Waals surface area contributed by atoms with Crippen LogP contribution in [-0.4, -0.2) is 12.6 Å². The average molecular weight is 257 g/mol. The Morgan fingerprint density at radius 2 is 1.89 bits per heavy atom. The van der Waals surface area contributed by atoms with Crippen LogP contribution in [0.3, 0.4) is 0 Å². The van der Waals surface area contributed by atoms with E-state index in [9.17, 15) is 0 Å². The van der Waals surface area contributed by atoms with Crippen molar-refractivity contribution in [1.82, 2.24) is 5.32 Å². The van der Waals surface area contributed by atoms with Gasteiger partial charge in [-0.3, -0.25) is 0 Å². The van der Waals surface area contributed by atoms with Gasteiger partial charge in [-0.25, -0.2) is 0 Å². The molecule has 0 bridgehead atoms. The van der Waals surface area contributed by atoms with E-state index in [1.54, 1.807) is 0 Å². The quantitative estimate of drug-likeness (QED) is 0.850. The summed E-state index contributed by atoms with van der Waals surface area (Å²) in [5, 5.41) is 3.86. The van der Waals surface area contributed by atoms with E-state index in [4.69, 9.17) is 0 Å². The molecule has 0 saturated heterocycles. The van der Waals surface area contributed by atoms with Gasteiger partial charge in [0.15, 0.2) is 0 Å². The highest BCUT2D eigenvalue weighted by atomic mass is 15.0. The van der Waals surface area contributed by atoms with Crippen LogP contribution in [0, 0.1) is 12.3 Å². The number of aryl methyl sites for hydroxylation is 1. The van der Waals surface area contributed by atoms with E-state index < -0.39 is 0 Å². The van der Waals surface area contributed by atoms with E-state index in [-0.39, 0.29) is 0 Å². The summed E-state index contributed by atoms with van der Waals surface area (Å²) >= 11 is 0. The topological polar surface area (TPSA) is 12.0 Å². The maximum absolute atomic E-state index is 3.86. The zero-order chi connectivity index (χ0) is 13.1. The molecule has 19 heavy (non-hydrogen) atoms. The Hall–Kier alpha value is -0.820. The van der Waals surface area contributed by atoms with Gasteiger partial charge >= 0.3 is 0 Å². The fourth-order valence-corrected chi connectivity index (χ4v) is 4.14. The predicted molar refractivity (Wildman–Crippen MR) is 81.4 cm³/mol. The van der Waals surface area contributed by atoms with Crippen LogP contribution in [0.5, 0.6) is 0 Å². The largest absolute Gasteiger partial charge is 0.313 e. The molecule has 1 aromatic rings. The van der Waals surface area contributed by atoms with E-state index in [1.807, 2.05) is 0 Å². The van der Waals surface area contributed by atoms with Crippen LogP contribution in [0.15, 0.2) is 24.3 Å². The van der Waals surface area contributed by atoms with Crippen molar-refractivity contribution < 1.29 is 0 Å². The van der Waals surface area contributed by atoms with E-state index in [1.165, 1.54) is 62.5 Å². The summed E-state index contributed by atoms with van der Waals surface area (Å²) in [6, 6.07) is 9.61. The van der Waals surface area contributed by atoms with E-state index in [2.05, 4.69) is 36.5 Å². The second-order valence-electron chi connectivity index (χ2n) is 6.64. The Bertz CT molecular complexity index is 417. The number of hydrogen-bond acceptors (Lipinski definition) is 1. The molecular weight excluding hydrogens is 230 g/mol. The van der Waals surface area contributed by atoms with Gasteiger partial charge < -0.3 is 5.32 Å².